The first-order chi connectivity index (χ1) is 19.9. The number of fused-ring (bicyclic) bond motifs is 2. The standard InChI is InChI=1S/C33H62N4O5/c1-6-33(3,32(42)36-17-10-19-37(4)5)16-9-14-25(31(41)35-18-20-38)13-7-11-24(30(34)40)12-8-15-27-23(2)26-21-28(27)29(39)22-26/h23-29,38-39H,6-22H2,1-5H3,(H2,34,40)(H,35,41)(H,36,42). The lowest BCUT2D eigenvalue weighted by atomic mass is 9.76. The van der Waals surface area contributed by atoms with E-state index in [1.54, 1.807) is 0 Å². The number of aliphatic hydroxyl groups is 2. The van der Waals surface area contributed by atoms with Crippen LogP contribution >= 0.6 is 0 Å². The van der Waals surface area contributed by atoms with E-state index in [1.165, 1.54) is 0 Å². The fraction of sp³-hybridized carbons (Fsp3) is 0.909. The molecule has 9 heteroatoms. The first-order valence-electron chi connectivity index (χ1n) is 16.7. The van der Waals surface area contributed by atoms with E-state index in [2.05, 4.69) is 22.5 Å². The Morgan fingerprint density at radius 1 is 0.976 bits per heavy atom. The van der Waals surface area contributed by atoms with Gasteiger partial charge in [0.1, 0.15) is 0 Å². The van der Waals surface area contributed by atoms with Crippen LogP contribution in [0.25, 0.3) is 0 Å². The molecular formula is C33H62N4O5. The van der Waals surface area contributed by atoms with Gasteiger partial charge < -0.3 is 31.5 Å². The number of nitrogens with zero attached hydrogens (tertiary/aromatic N) is 1. The van der Waals surface area contributed by atoms with Crippen molar-refractivity contribution in [3.05, 3.63) is 0 Å². The number of primary amides is 1. The molecular weight excluding hydrogens is 532 g/mol. The quantitative estimate of drug-likeness (QED) is 0.121. The van der Waals surface area contributed by atoms with Crippen LogP contribution in [-0.4, -0.2) is 79.3 Å². The van der Waals surface area contributed by atoms with Crippen molar-refractivity contribution in [1.82, 2.24) is 15.5 Å². The number of nitrogens with two attached hydrogens (primary N) is 1. The van der Waals surface area contributed by atoms with Gasteiger partial charge in [0.05, 0.1) is 12.7 Å². The largest absolute Gasteiger partial charge is 0.395 e. The number of carbonyl (C=O) groups excluding carboxylic acids is 3. The highest BCUT2D eigenvalue weighted by molar-refractivity contribution is 5.82. The summed E-state index contributed by atoms with van der Waals surface area (Å²) in [6, 6.07) is 0. The highest BCUT2D eigenvalue weighted by Crippen LogP contribution is 2.53. The van der Waals surface area contributed by atoms with E-state index in [9.17, 15) is 24.6 Å². The van der Waals surface area contributed by atoms with E-state index in [0.29, 0.717) is 55.9 Å². The van der Waals surface area contributed by atoms with E-state index in [1.807, 2.05) is 27.9 Å². The number of carbonyl (C=O) groups is 3. The number of hydrogen-bond acceptors (Lipinski definition) is 6. The van der Waals surface area contributed by atoms with Gasteiger partial charge in [-0.2, -0.15) is 0 Å². The summed E-state index contributed by atoms with van der Waals surface area (Å²) in [7, 11) is 4.04. The zero-order valence-corrected chi connectivity index (χ0v) is 27.2. The summed E-state index contributed by atoms with van der Waals surface area (Å²) in [6.45, 7) is 8.05. The minimum absolute atomic E-state index is 0.0728. The molecule has 0 aliphatic heterocycles. The van der Waals surface area contributed by atoms with Crippen molar-refractivity contribution in [3.63, 3.8) is 0 Å². The molecule has 0 saturated heterocycles. The Balaban J connectivity index is 1.83. The highest BCUT2D eigenvalue weighted by Gasteiger charge is 2.49. The predicted molar refractivity (Wildman–Crippen MR) is 167 cm³/mol. The number of amides is 3. The summed E-state index contributed by atoms with van der Waals surface area (Å²) in [5.41, 5.74) is 5.31. The molecule has 8 unspecified atom stereocenters. The SMILES string of the molecule is CCC(C)(CCCC(CCCC(CCCC1C(C)C2CC(O)C1C2)C(N)=O)C(=O)NCCO)C(=O)NCCCN(C)C. The lowest BCUT2D eigenvalue weighted by Gasteiger charge is -2.32. The van der Waals surface area contributed by atoms with E-state index in [4.69, 9.17) is 5.73 Å². The van der Waals surface area contributed by atoms with Crippen LogP contribution in [-0.2, 0) is 14.4 Å². The summed E-state index contributed by atoms with van der Waals surface area (Å²) >= 11 is 0. The summed E-state index contributed by atoms with van der Waals surface area (Å²) in [5.74, 6) is 1.54. The van der Waals surface area contributed by atoms with Crippen LogP contribution in [0.4, 0.5) is 0 Å². The summed E-state index contributed by atoms with van der Waals surface area (Å²) < 4.78 is 0. The van der Waals surface area contributed by atoms with Gasteiger partial charge in [-0.25, -0.2) is 0 Å². The number of nitrogens with one attached hydrogen (secondary N) is 2. The molecule has 0 heterocycles. The van der Waals surface area contributed by atoms with Crippen molar-refractivity contribution in [2.24, 2.45) is 46.7 Å². The third kappa shape index (κ3) is 11.1. The lowest BCUT2D eigenvalue weighted by Crippen LogP contribution is -2.40. The maximum Gasteiger partial charge on any atom is 0.225 e. The van der Waals surface area contributed by atoms with E-state index in [0.717, 1.165) is 64.3 Å². The van der Waals surface area contributed by atoms with Gasteiger partial charge in [0.2, 0.25) is 17.7 Å². The lowest BCUT2D eigenvalue weighted by molar-refractivity contribution is -0.131. The van der Waals surface area contributed by atoms with Crippen LogP contribution in [0.1, 0.15) is 104 Å². The average Bonchev–Trinajstić information content (AvgIpc) is 3.48. The Labute approximate surface area is 255 Å². The van der Waals surface area contributed by atoms with Crippen LogP contribution < -0.4 is 16.4 Å². The third-order valence-corrected chi connectivity index (χ3v) is 10.6. The van der Waals surface area contributed by atoms with Crippen LogP contribution in [0.2, 0.25) is 0 Å². The fourth-order valence-electron chi connectivity index (χ4n) is 7.56. The first-order valence-corrected chi connectivity index (χ1v) is 16.7. The van der Waals surface area contributed by atoms with Crippen LogP contribution in [0, 0.1) is 40.9 Å². The number of hydrogen-bond donors (Lipinski definition) is 5. The molecule has 0 spiro atoms. The molecule has 8 atom stereocenters. The molecule has 0 aromatic carbocycles. The second-order valence-electron chi connectivity index (χ2n) is 13.9. The van der Waals surface area contributed by atoms with Crippen LogP contribution in [0.3, 0.4) is 0 Å². The minimum Gasteiger partial charge on any atom is -0.395 e. The molecule has 42 heavy (non-hydrogen) atoms. The average molecular weight is 595 g/mol. The maximum atomic E-state index is 13.0. The molecule has 3 amide bonds. The molecule has 0 aromatic heterocycles. The van der Waals surface area contributed by atoms with E-state index >= 15 is 0 Å². The van der Waals surface area contributed by atoms with Crippen molar-refractivity contribution >= 4 is 17.7 Å². The van der Waals surface area contributed by atoms with Crippen molar-refractivity contribution in [2.45, 2.75) is 110 Å². The maximum absolute atomic E-state index is 13.0. The van der Waals surface area contributed by atoms with Gasteiger partial charge >= 0.3 is 0 Å². The molecule has 2 fully saturated rings. The second kappa shape index (κ2) is 18.2. The highest BCUT2D eigenvalue weighted by atomic mass is 16.3. The predicted octanol–water partition coefficient (Wildman–Crippen LogP) is 3.46. The van der Waals surface area contributed by atoms with Gasteiger partial charge in [0.15, 0.2) is 0 Å². The van der Waals surface area contributed by atoms with Crippen molar-refractivity contribution < 1.29 is 24.6 Å². The molecule has 2 aliphatic carbocycles. The van der Waals surface area contributed by atoms with Gasteiger partial charge in [-0.1, -0.05) is 40.0 Å². The molecule has 2 saturated carbocycles. The Morgan fingerprint density at radius 2 is 1.64 bits per heavy atom. The monoisotopic (exact) mass is 594 g/mol. The number of rotatable bonds is 22. The molecule has 2 aliphatic rings. The first kappa shape index (κ1) is 36.5. The molecule has 2 rings (SSSR count). The van der Waals surface area contributed by atoms with Gasteiger partial charge in [-0.3, -0.25) is 14.4 Å². The molecule has 2 bridgehead atoms. The Bertz CT molecular complexity index is 839. The molecule has 0 radical (unpaired) electrons. The molecule has 0 aromatic rings. The van der Waals surface area contributed by atoms with Crippen LogP contribution in [0.15, 0.2) is 0 Å². The molecule has 6 N–H and O–H groups in total. The van der Waals surface area contributed by atoms with Gasteiger partial charge in [-0.05, 0) is 109 Å². The minimum atomic E-state index is -0.479. The van der Waals surface area contributed by atoms with Gasteiger partial charge in [-0.15, -0.1) is 0 Å². The van der Waals surface area contributed by atoms with E-state index in [-0.39, 0.29) is 48.8 Å². The Morgan fingerprint density at radius 3 is 2.26 bits per heavy atom. The summed E-state index contributed by atoms with van der Waals surface area (Å²) in [5, 5.41) is 25.5. The Hall–Kier alpha value is -1.71. The van der Waals surface area contributed by atoms with Crippen molar-refractivity contribution in [1.29, 1.82) is 0 Å². The zero-order valence-electron chi connectivity index (χ0n) is 27.2. The van der Waals surface area contributed by atoms with Gasteiger partial charge in [0.25, 0.3) is 0 Å². The zero-order chi connectivity index (χ0) is 31.3. The fourth-order valence-corrected chi connectivity index (χ4v) is 7.56. The molecule has 9 nitrogen and oxygen atoms in total. The van der Waals surface area contributed by atoms with Crippen molar-refractivity contribution in [2.75, 3.05) is 40.3 Å². The number of aliphatic hydroxyl groups excluding tert-OH is 2. The summed E-state index contributed by atoms with van der Waals surface area (Å²) in [4.78, 5) is 40.2. The van der Waals surface area contributed by atoms with Crippen LogP contribution in [0.5, 0.6) is 0 Å². The second-order valence-corrected chi connectivity index (χ2v) is 13.9. The third-order valence-electron chi connectivity index (χ3n) is 10.6. The Kier molecular flexibility index (Phi) is 15.8. The topological polar surface area (TPSA) is 145 Å². The van der Waals surface area contributed by atoms with E-state index < -0.39 is 5.41 Å². The van der Waals surface area contributed by atoms with Crippen molar-refractivity contribution in [3.8, 4) is 0 Å². The normalized spacial score (nSPS) is 26.1. The van der Waals surface area contributed by atoms with Gasteiger partial charge in [0, 0.05) is 30.3 Å². The summed E-state index contributed by atoms with van der Waals surface area (Å²) in [6.07, 6.45) is 10.4. The smallest absolute Gasteiger partial charge is 0.225 e. The molecule has 244 valence electrons.